The summed E-state index contributed by atoms with van der Waals surface area (Å²) in [6.45, 7) is 10.1. The van der Waals surface area contributed by atoms with Crippen LogP contribution in [0.15, 0.2) is 6.33 Å². The van der Waals surface area contributed by atoms with Crippen molar-refractivity contribution in [2.24, 2.45) is 0 Å². The van der Waals surface area contributed by atoms with Gasteiger partial charge in [-0.15, -0.1) is 0 Å². The lowest BCUT2D eigenvalue weighted by atomic mass is 10.0. The Kier molecular flexibility index (Phi) is 6.21. The van der Waals surface area contributed by atoms with Gasteiger partial charge in [-0.05, 0) is 19.8 Å². The van der Waals surface area contributed by atoms with Gasteiger partial charge in [-0.25, -0.2) is 9.97 Å². The molecule has 0 saturated carbocycles. The highest BCUT2D eigenvalue weighted by Gasteiger charge is 2.20. The van der Waals surface area contributed by atoms with Crippen LogP contribution in [0, 0.1) is 0 Å². The Hall–Kier alpha value is -1.85. The fourth-order valence-corrected chi connectivity index (χ4v) is 2.07. The molecule has 0 aliphatic rings. The Balaban J connectivity index is 3.19. The monoisotopic (exact) mass is 279 g/mol. The van der Waals surface area contributed by atoms with E-state index in [4.69, 9.17) is 0 Å². The molecule has 20 heavy (non-hydrogen) atoms. The highest BCUT2D eigenvalue weighted by atomic mass is 16.1. The van der Waals surface area contributed by atoms with Crippen LogP contribution in [-0.4, -0.2) is 42.6 Å². The molecule has 1 rings (SSSR count). The van der Waals surface area contributed by atoms with Crippen molar-refractivity contribution < 1.29 is 4.79 Å². The number of nitrogens with zero attached hydrogens (tertiary/aromatic N) is 3. The summed E-state index contributed by atoms with van der Waals surface area (Å²) in [6.07, 6.45) is 1.55. The van der Waals surface area contributed by atoms with Crippen molar-refractivity contribution in [2.45, 2.75) is 33.6 Å². The van der Waals surface area contributed by atoms with Gasteiger partial charge >= 0.3 is 0 Å². The van der Waals surface area contributed by atoms with Crippen LogP contribution in [-0.2, 0) is 4.79 Å². The van der Waals surface area contributed by atoms with Crippen molar-refractivity contribution in [3.63, 3.8) is 0 Å². The van der Waals surface area contributed by atoms with Gasteiger partial charge in [0.25, 0.3) is 0 Å². The molecule has 0 aromatic carbocycles. The molecule has 1 aromatic heterocycles. The highest BCUT2D eigenvalue weighted by molar-refractivity contribution is 5.81. The van der Waals surface area contributed by atoms with Gasteiger partial charge < -0.3 is 15.5 Å². The van der Waals surface area contributed by atoms with Crippen LogP contribution in [0.4, 0.5) is 11.6 Å². The molecule has 1 amide bonds. The Labute approximate surface area is 121 Å². The molecular formula is C14H25N5O. The second-order valence-electron chi connectivity index (χ2n) is 4.83. The Morgan fingerprint density at radius 1 is 1.35 bits per heavy atom. The van der Waals surface area contributed by atoms with Crippen molar-refractivity contribution in [1.29, 1.82) is 0 Å². The molecule has 1 aromatic rings. The van der Waals surface area contributed by atoms with E-state index in [0.717, 1.165) is 30.3 Å². The third-order valence-electron chi connectivity index (χ3n) is 3.08. The number of rotatable bonds is 7. The zero-order valence-electron chi connectivity index (χ0n) is 13.0. The number of amides is 1. The number of likely N-dealkylation sites (N-methyl/N-ethyl adjacent to an activating group) is 2. The van der Waals surface area contributed by atoms with Crippen molar-refractivity contribution in [3.8, 4) is 0 Å². The van der Waals surface area contributed by atoms with Crippen molar-refractivity contribution in [3.05, 3.63) is 11.9 Å². The number of nitrogens with one attached hydrogen (secondary N) is 2. The molecule has 0 spiro atoms. The number of carbonyl (C=O) groups excluding carboxylic acids is 1. The number of hydrogen-bond donors (Lipinski definition) is 2. The zero-order chi connectivity index (χ0) is 15.1. The summed E-state index contributed by atoms with van der Waals surface area (Å²) in [5.74, 6) is 1.93. The fraction of sp³-hybridized carbons (Fsp3) is 0.643. The average Bonchev–Trinajstić information content (AvgIpc) is 2.44. The minimum atomic E-state index is -0.0230. The largest absolute Gasteiger partial charge is 0.370 e. The van der Waals surface area contributed by atoms with Crippen LogP contribution in [0.25, 0.3) is 0 Å². The molecule has 0 unspecified atom stereocenters. The molecule has 6 nitrogen and oxygen atoms in total. The normalized spacial score (nSPS) is 10.5. The molecule has 112 valence electrons. The first-order valence-electron chi connectivity index (χ1n) is 7.09. The van der Waals surface area contributed by atoms with E-state index in [1.807, 2.05) is 18.7 Å². The number of carbonyl (C=O) groups is 1. The summed E-state index contributed by atoms with van der Waals surface area (Å²) in [5.41, 5.74) is 1.06. The van der Waals surface area contributed by atoms with Crippen molar-refractivity contribution in [1.82, 2.24) is 15.3 Å². The molecule has 0 saturated heterocycles. The van der Waals surface area contributed by atoms with Gasteiger partial charge in [0.2, 0.25) is 5.91 Å². The van der Waals surface area contributed by atoms with E-state index < -0.39 is 0 Å². The van der Waals surface area contributed by atoms with Crippen LogP contribution in [0.2, 0.25) is 0 Å². The van der Waals surface area contributed by atoms with E-state index in [9.17, 15) is 4.79 Å². The quantitative estimate of drug-likeness (QED) is 0.793. The number of aromatic nitrogens is 2. The average molecular weight is 279 g/mol. The zero-order valence-corrected chi connectivity index (χ0v) is 13.0. The molecule has 2 N–H and O–H groups in total. The molecule has 0 aliphatic heterocycles. The third kappa shape index (κ3) is 3.82. The summed E-state index contributed by atoms with van der Waals surface area (Å²) in [4.78, 5) is 22.3. The second-order valence-corrected chi connectivity index (χ2v) is 4.83. The highest BCUT2D eigenvalue weighted by Crippen LogP contribution is 2.30. The molecule has 1 heterocycles. The maximum absolute atomic E-state index is 11.6. The molecule has 0 radical (unpaired) electrons. The maximum atomic E-state index is 11.6. The van der Waals surface area contributed by atoms with Gasteiger partial charge in [-0.1, -0.05) is 13.8 Å². The van der Waals surface area contributed by atoms with Crippen LogP contribution in [0.3, 0.4) is 0 Å². The summed E-state index contributed by atoms with van der Waals surface area (Å²) >= 11 is 0. The first-order valence-corrected chi connectivity index (χ1v) is 7.09. The first-order chi connectivity index (χ1) is 9.54. The molecule has 6 heteroatoms. The van der Waals surface area contributed by atoms with Gasteiger partial charge in [0.15, 0.2) is 0 Å². The van der Waals surface area contributed by atoms with E-state index >= 15 is 0 Å². The Morgan fingerprint density at radius 2 is 2.05 bits per heavy atom. The van der Waals surface area contributed by atoms with Crippen LogP contribution >= 0.6 is 0 Å². The van der Waals surface area contributed by atoms with Crippen LogP contribution in [0.5, 0.6) is 0 Å². The SMILES string of the molecule is CCNc1ncnc(N(CC)CC(=O)NC)c1C(C)C. The Bertz CT molecular complexity index is 447. The standard InChI is InChI=1S/C14H25N5O/c1-6-16-13-12(10(3)4)14(18-9-17-13)19(7-2)8-11(20)15-5/h9-10H,6-8H2,1-5H3,(H,15,20)(H,16,17,18). The van der Waals surface area contributed by atoms with Crippen molar-refractivity contribution in [2.75, 3.05) is 36.9 Å². The topological polar surface area (TPSA) is 70.2 Å². The summed E-state index contributed by atoms with van der Waals surface area (Å²) in [5, 5.41) is 5.91. The van der Waals surface area contributed by atoms with Gasteiger partial charge in [-0.3, -0.25) is 4.79 Å². The van der Waals surface area contributed by atoms with E-state index in [1.54, 1.807) is 13.4 Å². The van der Waals surface area contributed by atoms with Gasteiger partial charge in [0.1, 0.15) is 18.0 Å². The molecule has 0 atom stereocenters. The van der Waals surface area contributed by atoms with Gasteiger partial charge in [-0.2, -0.15) is 0 Å². The predicted octanol–water partition coefficient (Wildman–Crippen LogP) is 1.60. The van der Waals surface area contributed by atoms with Crippen LogP contribution < -0.4 is 15.5 Å². The summed E-state index contributed by atoms with van der Waals surface area (Å²) in [6, 6.07) is 0. The molecule has 0 bridgehead atoms. The van der Waals surface area contributed by atoms with E-state index in [-0.39, 0.29) is 11.8 Å². The lowest BCUT2D eigenvalue weighted by molar-refractivity contribution is -0.119. The minimum absolute atomic E-state index is 0.0230. The number of anilines is 2. The maximum Gasteiger partial charge on any atom is 0.239 e. The number of hydrogen-bond acceptors (Lipinski definition) is 5. The van der Waals surface area contributed by atoms with E-state index in [1.165, 1.54) is 0 Å². The van der Waals surface area contributed by atoms with Crippen LogP contribution in [0.1, 0.15) is 39.2 Å². The minimum Gasteiger partial charge on any atom is -0.370 e. The Morgan fingerprint density at radius 3 is 2.55 bits per heavy atom. The lowest BCUT2D eigenvalue weighted by Crippen LogP contribution is -2.36. The predicted molar refractivity (Wildman–Crippen MR) is 82.2 cm³/mol. The van der Waals surface area contributed by atoms with Gasteiger partial charge in [0.05, 0.1) is 6.54 Å². The molecule has 0 fully saturated rings. The second kappa shape index (κ2) is 7.67. The summed E-state index contributed by atoms with van der Waals surface area (Å²) < 4.78 is 0. The van der Waals surface area contributed by atoms with E-state index in [0.29, 0.717) is 6.54 Å². The first kappa shape index (κ1) is 16.2. The molecular weight excluding hydrogens is 254 g/mol. The lowest BCUT2D eigenvalue weighted by Gasteiger charge is -2.26. The summed E-state index contributed by atoms with van der Waals surface area (Å²) in [7, 11) is 1.64. The molecule has 0 aliphatic carbocycles. The van der Waals surface area contributed by atoms with E-state index in [2.05, 4.69) is 34.4 Å². The van der Waals surface area contributed by atoms with Gasteiger partial charge in [0, 0.05) is 25.7 Å². The fourth-order valence-electron chi connectivity index (χ4n) is 2.07. The smallest absolute Gasteiger partial charge is 0.239 e. The van der Waals surface area contributed by atoms with Crippen molar-refractivity contribution >= 4 is 17.5 Å². The third-order valence-corrected chi connectivity index (χ3v) is 3.08.